The minimum atomic E-state index is 0.152. The van der Waals surface area contributed by atoms with Crippen molar-refractivity contribution < 1.29 is 10.2 Å². The average Bonchev–Trinajstić information content (AvgIpc) is 2.79. The quantitative estimate of drug-likeness (QED) is 0.257. The van der Waals surface area contributed by atoms with E-state index in [2.05, 4.69) is 32.9 Å². The largest absolute Gasteiger partial charge is 0.508 e. The zero-order valence-corrected chi connectivity index (χ0v) is 20.8. The van der Waals surface area contributed by atoms with Gasteiger partial charge in [0.15, 0.2) is 0 Å². The van der Waals surface area contributed by atoms with Crippen LogP contribution in [0.2, 0.25) is 0 Å². The Kier molecular flexibility index (Phi) is 12.3. The maximum Gasteiger partial charge on any atom is 0.119 e. The molecule has 2 nitrogen and oxygen atoms in total. The molecule has 2 N–H and O–H groups in total. The van der Waals surface area contributed by atoms with E-state index in [0.29, 0.717) is 11.5 Å². The Balaban J connectivity index is 2.10. The van der Waals surface area contributed by atoms with E-state index in [0.717, 1.165) is 36.8 Å². The molecule has 2 aromatic rings. The first kappa shape index (κ1) is 26.3. The summed E-state index contributed by atoms with van der Waals surface area (Å²) in [6, 6.07) is 11.9. The molecule has 0 aliphatic heterocycles. The van der Waals surface area contributed by atoms with Gasteiger partial charge in [-0.3, -0.25) is 0 Å². The lowest BCUT2D eigenvalue weighted by atomic mass is 9.84. The van der Waals surface area contributed by atoms with Gasteiger partial charge in [0.1, 0.15) is 11.5 Å². The summed E-state index contributed by atoms with van der Waals surface area (Å²) in [7, 11) is 0. The predicted molar refractivity (Wildman–Crippen MR) is 138 cm³/mol. The summed E-state index contributed by atoms with van der Waals surface area (Å²) in [5, 5.41) is 21.3. The second kappa shape index (κ2) is 15.0. The molecule has 0 radical (unpaired) electrons. The normalized spacial score (nSPS) is 11.4. The fraction of sp³-hybridized carbons (Fsp3) is 0.600. The van der Waals surface area contributed by atoms with E-state index in [1.54, 1.807) is 0 Å². The first-order valence-electron chi connectivity index (χ1n) is 13.2. The van der Waals surface area contributed by atoms with E-state index in [1.165, 1.54) is 75.3 Å². The van der Waals surface area contributed by atoms with E-state index >= 15 is 0 Å². The van der Waals surface area contributed by atoms with Crippen LogP contribution >= 0.6 is 0 Å². The number of phenolic OH excluding ortho intramolecular Hbond substituents is 2. The van der Waals surface area contributed by atoms with Crippen molar-refractivity contribution in [3.05, 3.63) is 58.7 Å². The van der Waals surface area contributed by atoms with Crippen molar-refractivity contribution in [3.63, 3.8) is 0 Å². The number of unbranched alkanes of at least 4 members (excludes halogenated alkanes) is 10. The molecule has 2 heteroatoms. The minimum Gasteiger partial charge on any atom is -0.508 e. The first-order valence-corrected chi connectivity index (χ1v) is 13.2. The molecule has 2 aromatic carbocycles. The Morgan fingerprint density at radius 2 is 0.938 bits per heavy atom. The number of rotatable bonds is 16. The van der Waals surface area contributed by atoms with E-state index in [4.69, 9.17) is 0 Å². The maximum absolute atomic E-state index is 10.6. The molecular formula is C30H46O2. The zero-order valence-electron chi connectivity index (χ0n) is 20.8. The Labute approximate surface area is 197 Å². The van der Waals surface area contributed by atoms with Crippen molar-refractivity contribution in [1.82, 2.24) is 0 Å². The number of hydrogen-bond acceptors (Lipinski definition) is 2. The maximum atomic E-state index is 10.6. The minimum absolute atomic E-state index is 0.152. The summed E-state index contributed by atoms with van der Waals surface area (Å²) in [6.45, 7) is 6.72. The topological polar surface area (TPSA) is 40.5 Å². The Hall–Kier alpha value is -1.96. The van der Waals surface area contributed by atoms with Gasteiger partial charge in [-0.05, 0) is 60.1 Å². The molecule has 0 saturated heterocycles. The molecule has 0 aliphatic carbocycles. The summed E-state index contributed by atoms with van der Waals surface area (Å²) in [6.07, 6.45) is 16.9. The summed E-state index contributed by atoms with van der Waals surface area (Å²) in [5.74, 6) is 0.987. The van der Waals surface area contributed by atoms with Crippen molar-refractivity contribution >= 4 is 0 Å². The summed E-state index contributed by atoms with van der Waals surface area (Å²) < 4.78 is 0. The van der Waals surface area contributed by atoms with Gasteiger partial charge in [0.25, 0.3) is 0 Å². The lowest BCUT2D eigenvalue weighted by Crippen LogP contribution is -2.05. The Bertz CT molecular complexity index is 715. The molecule has 0 fully saturated rings. The second-order valence-corrected chi connectivity index (χ2v) is 9.45. The van der Waals surface area contributed by atoms with E-state index in [1.807, 2.05) is 24.3 Å². The van der Waals surface area contributed by atoms with Gasteiger partial charge in [0.2, 0.25) is 0 Å². The molecule has 178 valence electrons. The molecule has 0 bridgehead atoms. The van der Waals surface area contributed by atoms with Crippen LogP contribution < -0.4 is 0 Å². The molecule has 0 amide bonds. The smallest absolute Gasteiger partial charge is 0.119 e. The number of phenols is 2. The van der Waals surface area contributed by atoms with Crippen LogP contribution in [-0.4, -0.2) is 10.2 Å². The van der Waals surface area contributed by atoms with Crippen molar-refractivity contribution in [2.24, 2.45) is 0 Å². The average molecular weight is 439 g/mol. The highest BCUT2D eigenvalue weighted by Gasteiger charge is 2.19. The standard InChI is InChI=1S/C30H46O2/c1-4-6-8-10-12-14-18-27-25(20-16-22-29(27)31)24(3)26-21-17-23-30(32)28(26)19-15-13-11-9-7-5-2/h16-17,20-24,31-32H,4-15,18-19H2,1-3H3. The van der Waals surface area contributed by atoms with Gasteiger partial charge in [-0.1, -0.05) is 109 Å². The van der Waals surface area contributed by atoms with Crippen molar-refractivity contribution in [3.8, 4) is 11.5 Å². The van der Waals surface area contributed by atoms with Crippen molar-refractivity contribution in [2.75, 3.05) is 0 Å². The predicted octanol–water partition coefficient (Wildman–Crippen LogP) is 9.06. The third-order valence-electron chi connectivity index (χ3n) is 6.87. The summed E-state index contributed by atoms with van der Waals surface area (Å²) in [4.78, 5) is 0. The van der Waals surface area contributed by atoms with Crippen LogP contribution in [0.15, 0.2) is 36.4 Å². The fourth-order valence-electron chi connectivity index (χ4n) is 4.87. The SMILES string of the molecule is CCCCCCCCc1c(O)cccc1C(C)c1cccc(O)c1CCCCCCCC. The summed E-state index contributed by atoms with van der Waals surface area (Å²) in [5.41, 5.74) is 4.58. The molecule has 0 spiro atoms. The molecular weight excluding hydrogens is 392 g/mol. The molecule has 0 heterocycles. The Morgan fingerprint density at radius 3 is 1.34 bits per heavy atom. The van der Waals surface area contributed by atoms with Gasteiger partial charge in [0.05, 0.1) is 0 Å². The van der Waals surface area contributed by atoms with Crippen LogP contribution in [0.3, 0.4) is 0 Å². The van der Waals surface area contributed by atoms with Gasteiger partial charge in [-0.2, -0.15) is 0 Å². The molecule has 2 rings (SSSR count). The third kappa shape index (κ3) is 8.19. The van der Waals surface area contributed by atoms with Gasteiger partial charge in [-0.15, -0.1) is 0 Å². The van der Waals surface area contributed by atoms with Crippen molar-refractivity contribution in [2.45, 2.75) is 117 Å². The van der Waals surface area contributed by atoms with Crippen molar-refractivity contribution in [1.29, 1.82) is 0 Å². The van der Waals surface area contributed by atoms with Crippen LogP contribution in [-0.2, 0) is 12.8 Å². The fourth-order valence-corrected chi connectivity index (χ4v) is 4.87. The van der Waals surface area contributed by atoms with Gasteiger partial charge >= 0.3 is 0 Å². The van der Waals surface area contributed by atoms with E-state index < -0.39 is 0 Å². The molecule has 0 aromatic heterocycles. The Morgan fingerprint density at radius 1 is 0.562 bits per heavy atom. The highest BCUT2D eigenvalue weighted by Crippen LogP contribution is 2.37. The molecule has 0 atom stereocenters. The molecule has 32 heavy (non-hydrogen) atoms. The van der Waals surface area contributed by atoms with Gasteiger partial charge in [0, 0.05) is 5.92 Å². The summed E-state index contributed by atoms with van der Waals surface area (Å²) >= 11 is 0. The number of aromatic hydroxyl groups is 2. The number of benzene rings is 2. The van der Waals surface area contributed by atoms with E-state index in [-0.39, 0.29) is 5.92 Å². The van der Waals surface area contributed by atoms with Crippen LogP contribution in [0.5, 0.6) is 11.5 Å². The van der Waals surface area contributed by atoms with Gasteiger partial charge < -0.3 is 10.2 Å². The van der Waals surface area contributed by atoms with Crippen LogP contribution in [0, 0.1) is 0 Å². The second-order valence-electron chi connectivity index (χ2n) is 9.45. The van der Waals surface area contributed by atoms with Crippen LogP contribution in [0.25, 0.3) is 0 Å². The van der Waals surface area contributed by atoms with Gasteiger partial charge in [-0.25, -0.2) is 0 Å². The first-order chi connectivity index (χ1) is 15.6. The third-order valence-corrected chi connectivity index (χ3v) is 6.87. The lowest BCUT2D eigenvalue weighted by Gasteiger charge is -2.22. The molecule has 0 aliphatic rings. The van der Waals surface area contributed by atoms with Crippen LogP contribution in [0.4, 0.5) is 0 Å². The number of hydrogen-bond donors (Lipinski definition) is 2. The van der Waals surface area contributed by atoms with Crippen LogP contribution in [0.1, 0.15) is 126 Å². The monoisotopic (exact) mass is 438 g/mol. The van der Waals surface area contributed by atoms with E-state index in [9.17, 15) is 10.2 Å². The zero-order chi connectivity index (χ0) is 23.2. The molecule has 0 unspecified atom stereocenters. The highest BCUT2D eigenvalue weighted by molar-refractivity contribution is 5.49. The lowest BCUT2D eigenvalue weighted by molar-refractivity contribution is 0.462. The molecule has 0 saturated carbocycles. The highest BCUT2D eigenvalue weighted by atomic mass is 16.3.